The third-order valence-electron chi connectivity index (χ3n) is 3.42. The molecule has 104 valence electrons. The second-order valence-corrected chi connectivity index (χ2v) is 4.82. The van der Waals surface area contributed by atoms with Crippen LogP contribution < -0.4 is 10.2 Å². The second kappa shape index (κ2) is 6.43. The molecule has 0 bridgehead atoms. The monoisotopic (exact) mass is 263 g/mol. The molecule has 0 atom stereocenters. The Kier molecular flexibility index (Phi) is 4.63. The van der Waals surface area contributed by atoms with Crippen molar-refractivity contribution >= 4 is 11.6 Å². The van der Waals surface area contributed by atoms with Crippen LogP contribution in [0.1, 0.15) is 6.42 Å². The molecular formula is C14H21N3O2. The van der Waals surface area contributed by atoms with Crippen LogP contribution in [-0.4, -0.2) is 55.7 Å². The Morgan fingerprint density at radius 2 is 1.95 bits per heavy atom. The molecule has 1 aliphatic rings. The minimum absolute atomic E-state index is 0.215. The topological polar surface area (TPSA) is 55.8 Å². The molecule has 19 heavy (non-hydrogen) atoms. The lowest BCUT2D eigenvalue weighted by Gasteiger charge is -2.28. The number of carbonyl (C=O) groups excluding carboxylic acids is 1. The van der Waals surface area contributed by atoms with E-state index in [1.54, 1.807) is 12.1 Å². The number of nitrogens with zero attached hydrogens (tertiary/aromatic N) is 2. The maximum atomic E-state index is 12.0. The molecule has 1 heterocycles. The first-order valence-corrected chi connectivity index (χ1v) is 6.65. The predicted octanol–water partition coefficient (Wildman–Crippen LogP) is 0.650. The van der Waals surface area contributed by atoms with Gasteiger partial charge in [-0.25, -0.2) is 0 Å². The van der Waals surface area contributed by atoms with Crippen LogP contribution in [0.3, 0.4) is 0 Å². The average Bonchev–Trinajstić information content (AvgIpc) is 2.46. The number of piperazine rings is 1. The van der Waals surface area contributed by atoms with Crippen molar-refractivity contribution in [2.75, 3.05) is 44.7 Å². The summed E-state index contributed by atoms with van der Waals surface area (Å²) >= 11 is 0. The lowest BCUT2D eigenvalue weighted by Crippen LogP contribution is -2.47. The summed E-state index contributed by atoms with van der Waals surface area (Å²) in [5.41, 5.74) is 1.01. The fraction of sp³-hybridized carbons (Fsp3) is 0.500. The first-order chi connectivity index (χ1) is 9.16. The number of nitrogens with one attached hydrogen (secondary N) is 1. The van der Waals surface area contributed by atoms with Crippen molar-refractivity contribution in [3.8, 4) is 5.75 Å². The zero-order valence-corrected chi connectivity index (χ0v) is 11.3. The summed E-state index contributed by atoms with van der Waals surface area (Å²) in [6.45, 7) is 4.08. The van der Waals surface area contributed by atoms with Gasteiger partial charge in [-0.1, -0.05) is 0 Å². The molecule has 5 nitrogen and oxygen atoms in total. The molecule has 0 saturated carbocycles. The second-order valence-electron chi connectivity index (χ2n) is 4.82. The van der Waals surface area contributed by atoms with E-state index in [4.69, 9.17) is 0 Å². The van der Waals surface area contributed by atoms with E-state index >= 15 is 0 Å². The number of phenols is 1. The molecule has 0 spiro atoms. The van der Waals surface area contributed by atoms with Gasteiger partial charge in [0, 0.05) is 51.9 Å². The molecule has 0 radical (unpaired) electrons. The molecule has 1 saturated heterocycles. The number of hydrogen-bond donors (Lipinski definition) is 2. The highest BCUT2D eigenvalue weighted by Gasteiger charge is 2.16. The lowest BCUT2D eigenvalue weighted by atomic mass is 10.2. The third kappa shape index (κ3) is 3.86. The van der Waals surface area contributed by atoms with Crippen molar-refractivity contribution in [3.05, 3.63) is 24.3 Å². The van der Waals surface area contributed by atoms with Crippen LogP contribution in [0.2, 0.25) is 0 Å². The maximum absolute atomic E-state index is 12.0. The van der Waals surface area contributed by atoms with Gasteiger partial charge in [-0.2, -0.15) is 0 Å². The van der Waals surface area contributed by atoms with Crippen molar-refractivity contribution in [2.24, 2.45) is 0 Å². The van der Waals surface area contributed by atoms with Gasteiger partial charge in [0.25, 0.3) is 0 Å². The van der Waals surface area contributed by atoms with Gasteiger partial charge in [0.05, 0.1) is 0 Å². The molecule has 0 unspecified atom stereocenters. The zero-order valence-electron chi connectivity index (χ0n) is 11.3. The molecular weight excluding hydrogens is 242 g/mol. The number of aromatic hydroxyl groups is 1. The quantitative estimate of drug-likeness (QED) is 0.837. The number of carbonyl (C=O) groups is 1. The van der Waals surface area contributed by atoms with Crippen molar-refractivity contribution in [3.63, 3.8) is 0 Å². The maximum Gasteiger partial charge on any atom is 0.224 e. The molecule has 1 aliphatic heterocycles. The summed E-state index contributed by atoms with van der Waals surface area (Å²) in [7, 11) is 1.96. The van der Waals surface area contributed by atoms with Gasteiger partial charge < -0.3 is 20.2 Å². The van der Waals surface area contributed by atoms with Crippen molar-refractivity contribution in [1.82, 2.24) is 10.2 Å². The minimum Gasteiger partial charge on any atom is -0.508 e. The summed E-state index contributed by atoms with van der Waals surface area (Å²) in [5.74, 6) is 0.473. The number of amides is 1. The summed E-state index contributed by atoms with van der Waals surface area (Å²) in [4.78, 5) is 16.0. The van der Waals surface area contributed by atoms with Crippen LogP contribution in [0, 0.1) is 0 Å². The van der Waals surface area contributed by atoms with Crippen LogP contribution in [0.5, 0.6) is 5.75 Å². The number of hydrogen-bond acceptors (Lipinski definition) is 4. The smallest absolute Gasteiger partial charge is 0.224 e. The molecule has 1 aromatic carbocycles. The molecule has 1 fully saturated rings. The highest BCUT2D eigenvalue weighted by Crippen LogP contribution is 2.17. The van der Waals surface area contributed by atoms with Crippen LogP contribution in [0.25, 0.3) is 0 Å². The van der Waals surface area contributed by atoms with Crippen LogP contribution in [0.15, 0.2) is 24.3 Å². The van der Waals surface area contributed by atoms with E-state index in [1.807, 2.05) is 29.0 Å². The van der Waals surface area contributed by atoms with E-state index < -0.39 is 0 Å². The molecule has 1 aromatic rings. The van der Waals surface area contributed by atoms with Gasteiger partial charge in [0.2, 0.25) is 5.91 Å². The number of phenolic OH excluding ortho intramolecular Hbond substituents is 1. The highest BCUT2D eigenvalue weighted by atomic mass is 16.3. The number of benzene rings is 1. The van der Waals surface area contributed by atoms with Gasteiger partial charge in [-0.05, 0) is 24.3 Å². The van der Waals surface area contributed by atoms with Crippen LogP contribution in [-0.2, 0) is 4.79 Å². The first kappa shape index (κ1) is 13.7. The Balaban J connectivity index is 1.80. The van der Waals surface area contributed by atoms with E-state index in [-0.39, 0.29) is 11.7 Å². The zero-order chi connectivity index (χ0) is 13.7. The largest absolute Gasteiger partial charge is 0.508 e. The van der Waals surface area contributed by atoms with Crippen molar-refractivity contribution in [1.29, 1.82) is 0 Å². The summed E-state index contributed by atoms with van der Waals surface area (Å²) in [6.07, 6.45) is 0.525. The Morgan fingerprint density at radius 3 is 2.58 bits per heavy atom. The fourth-order valence-electron chi connectivity index (χ4n) is 2.17. The average molecular weight is 263 g/mol. The summed E-state index contributed by atoms with van der Waals surface area (Å²) < 4.78 is 0. The van der Waals surface area contributed by atoms with E-state index in [0.29, 0.717) is 13.0 Å². The normalized spacial score (nSPS) is 15.3. The van der Waals surface area contributed by atoms with Crippen LogP contribution >= 0.6 is 0 Å². The predicted molar refractivity (Wildman–Crippen MR) is 75.4 cm³/mol. The van der Waals surface area contributed by atoms with E-state index in [1.165, 1.54) is 0 Å². The van der Waals surface area contributed by atoms with E-state index in [2.05, 4.69) is 5.32 Å². The Bertz CT molecular complexity index is 413. The molecule has 5 heteroatoms. The van der Waals surface area contributed by atoms with Gasteiger partial charge in [0.1, 0.15) is 5.75 Å². The van der Waals surface area contributed by atoms with Gasteiger partial charge in [-0.15, -0.1) is 0 Å². The highest BCUT2D eigenvalue weighted by molar-refractivity contribution is 5.77. The first-order valence-electron chi connectivity index (χ1n) is 6.65. The standard InChI is InChI=1S/C14H21N3O2/c1-16(12-2-4-13(18)5-3-12)9-6-14(19)17-10-7-15-8-11-17/h2-5,15,18H,6-11H2,1H3. The molecule has 1 amide bonds. The minimum atomic E-state index is 0.215. The Hall–Kier alpha value is -1.75. The summed E-state index contributed by atoms with van der Waals surface area (Å²) in [5, 5.41) is 12.5. The molecule has 0 aromatic heterocycles. The molecule has 2 N–H and O–H groups in total. The number of anilines is 1. The molecule has 0 aliphatic carbocycles. The number of rotatable bonds is 4. The lowest BCUT2D eigenvalue weighted by molar-refractivity contribution is -0.131. The van der Waals surface area contributed by atoms with Crippen molar-refractivity contribution < 1.29 is 9.90 Å². The van der Waals surface area contributed by atoms with Gasteiger partial charge >= 0.3 is 0 Å². The van der Waals surface area contributed by atoms with Crippen molar-refractivity contribution in [2.45, 2.75) is 6.42 Å². The van der Waals surface area contributed by atoms with Crippen LogP contribution in [0.4, 0.5) is 5.69 Å². The van der Waals surface area contributed by atoms with E-state index in [0.717, 1.165) is 31.9 Å². The molecule has 2 rings (SSSR count). The summed E-state index contributed by atoms with van der Waals surface area (Å²) in [6, 6.07) is 7.02. The fourth-order valence-corrected chi connectivity index (χ4v) is 2.17. The third-order valence-corrected chi connectivity index (χ3v) is 3.42. The van der Waals surface area contributed by atoms with Gasteiger partial charge in [-0.3, -0.25) is 4.79 Å². The Labute approximate surface area is 113 Å². The Morgan fingerprint density at radius 1 is 1.32 bits per heavy atom. The van der Waals surface area contributed by atoms with E-state index in [9.17, 15) is 9.90 Å². The van der Waals surface area contributed by atoms with Gasteiger partial charge in [0.15, 0.2) is 0 Å². The SMILES string of the molecule is CN(CCC(=O)N1CCNCC1)c1ccc(O)cc1.